The minimum absolute atomic E-state index is 0.336. The van der Waals surface area contributed by atoms with E-state index in [1.807, 2.05) is 5.16 Å². The highest BCUT2D eigenvalue weighted by Gasteiger charge is 2.21. The summed E-state index contributed by atoms with van der Waals surface area (Å²) in [6.45, 7) is 0. The molecule has 0 saturated carbocycles. The van der Waals surface area contributed by atoms with Gasteiger partial charge in [0, 0.05) is 0 Å². The van der Waals surface area contributed by atoms with E-state index in [0.717, 1.165) is 0 Å². The lowest BCUT2D eigenvalue weighted by Gasteiger charge is -1.96. The Bertz CT molecular complexity index is 313. The van der Waals surface area contributed by atoms with Crippen LogP contribution < -0.4 is 11.3 Å². The van der Waals surface area contributed by atoms with Gasteiger partial charge in [-0.1, -0.05) is 5.16 Å². The van der Waals surface area contributed by atoms with Crippen LogP contribution in [0.5, 0.6) is 0 Å². The van der Waals surface area contributed by atoms with Crippen LogP contribution in [0.3, 0.4) is 0 Å². The van der Waals surface area contributed by atoms with E-state index in [1.54, 1.807) is 0 Å². The molecule has 0 fully saturated rings. The molecule has 0 saturated heterocycles. The summed E-state index contributed by atoms with van der Waals surface area (Å²) in [5.74, 6) is -1.33. The normalized spacial score (nSPS) is 12.8. The van der Waals surface area contributed by atoms with E-state index in [4.69, 9.17) is 10.8 Å². The SMILES string of the molecule is NC(C(=O)O)c1no[nH]c1=O. The summed E-state index contributed by atoms with van der Waals surface area (Å²) in [6.07, 6.45) is 0. The maximum absolute atomic E-state index is 10.6. The first-order valence-corrected chi connectivity index (χ1v) is 2.65. The summed E-state index contributed by atoms with van der Waals surface area (Å²) in [5.41, 5.74) is 3.98. The van der Waals surface area contributed by atoms with Gasteiger partial charge in [-0.05, 0) is 0 Å². The van der Waals surface area contributed by atoms with Gasteiger partial charge in [0.2, 0.25) is 0 Å². The minimum Gasteiger partial charge on any atom is -0.480 e. The Hall–Kier alpha value is -1.63. The molecule has 4 N–H and O–H groups in total. The molecule has 0 radical (unpaired) electrons. The molecular weight excluding hydrogens is 154 g/mol. The number of aromatic nitrogens is 2. The number of aliphatic carboxylic acids is 1. The maximum Gasteiger partial charge on any atom is 0.327 e. The number of carbonyl (C=O) groups is 1. The van der Waals surface area contributed by atoms with Crippen LogP contribution in [0, 0.1) is 0 Å². The third-order valence-electron chi connectivity index (χ3n) is 1.08. The molecular formula is C4H5N3O4. The fraction of sp³-hybridized carbons (Fsp3) is 0.250. The summed E-state index contributed by atoms with van der Waals surface area (Å²) in [6, 6.07) is -1.43. The minimum atomic E-state index is -1.43. The first-order chi connectivity index (χ1) is 5.13. The number of rotatable bonds is 2. The van der Waals surface area contributed by atoms with Gasteiger partial charge < -0.3 is 10.8 Å². The summed E-state index contributed by atoms with van der Waals surface area (Å²) in [7, 11) is 0. The number of nitrogens with zero attached hydrogens (tertiary/aromatic N) is 1. The van der Waals surface area contributed by atoms with Gasteiger partial charge in [-0.15, -0.1) is 0 Å². The van der Waals surface area contributed by atoms with Gasteiger partial charge in [0.1, 0.15) is 0 Å². The predicted molar refractivity (Wildman–Crippen MR) is 31.7 cm³/mol. The zero-order valence-corrected chi connectivity index (χ0v) is 5.27. The summed E-state index contributed by atoms with van der Waals surface area (Å²) < 4.78 is 4.09. The van der Waals surface area contributed by atoms with Gasteiger partial charge in [0.05, 0.1) is 0 Å². The van der Waals surface area contributed by atoms with Crippen LogP contribution in [0.4, 0.5) is 0 Å². The van der Waals surface area contributed by atoms with E-state index in [0.29, 0.717) is 0 Å². The number of carboxylic acid groups (broad SMARTS) is 1. The second-order valence-corrected chi connectivity index (χ2v) is 1.81. The monoisotopic (exact) mass is 159 g/mol. The van der Waals surface area contributed by atoms with Gasteiger partial charge in [-0.25, -0.2) is 0 Å². The van der Waals surface area contributed by atoms with Gasteiger partial charge in [0.15, 0.2) is 11.7 Å². The predicted octanol–water partition coefficient (Wildman–Crippen LogP) is -1.55. The van der Waals surface area contributed by atoms with Crippen molar-refractivity contribution in [1.82, 2.24) is 10.3 Å². The average Bonchev–Trinajstić information content (AvgIpc) is 2.33. The molecule has 0 amide bonds. The first kappa shape index (κ1) is 7.48. The molecule has 7 heteroatoms. The van der Waals surface area contributed by atoms with Gasteiger partial charge in [-0.2, -0.15) is 5.16 Å². The molecule has 0 bridgehead atoms. The molecule has 0 aliphatic heterocycles. The van der Waals surface area contributed by atoms with Crippen LogP contribution in [-0.2, 0) is 4.79 Å². The number of aromatic amines is 1. The van der Waals surface area contributed by atoms with Crippen molar-refractivity contribution < 1.29 is 14.5 Å². The molecule has 0 aliphatic carbocycles. The second-order valence-electron chi connectivity index (χ2n) is 1.81. The number of hydrogen-bond acceptors (Lipinski definition) is 5. The number of carboxylic acids is 1. The molecule has 0 spiro atoms. The van der Waals surface area contributed by atoms with E-state index in [1.165, 1.54) is 0 Å². The Morgan fingerprint density at radius 1 is 1.82 bits per heavy atom. The molecule has 0 aromatic carbocycles. The van der Waals surface area contributed by atoms with E-state index in [-0.39, 0.29) is 5.69 Å². The van der Waals surface area contributed by atoms with E-state index >= 15 is 0 Å². The van der Waals surface area contributed by atoms with Crippen molar-refractivity contribution in [3.05, 3.63) is 16.0 Å². The van der Waals surface area contributed by atoms with Crippen LogP contribution in [0.25, 0.3) is 0 Å². The first-order valence-electron chi connectivity index (χ1n) is 2.65. The largest absolute Gasteiger partial charge is 0.480 e. The Morgan fingerprint density at radius 3 is 2.82 bits per heavy atom. The van der Waals surface area contributed by atoms with Crippen LogP contribution >= 0.6 is 0 Å². The van der Waals surface area contributed by atoms with Crippen molar-refractivity contribution in [1.29, 1.82) is 0 Å². The van der Waals surface area contributed by atoms with E-state index < -0.39 is 17.6 Å². The van der Waals surface area contributed by atoms with Gasteiger partial charge >= 0.3 is 11.5 Å². The van der Waals surface area contributed by atoms with Crippen molar-refractivity contribution in [3.8, 4) is 0 Å². The molecule has 1 atom stereocenters. The molecule has 7 nitrogen and oxygen atoms in total. The molecule has 11 heavy (non-hydrogen) atoms. The zero-order chi connectivity index (χ0) is 8.43. The Balaban J connectivity index is 3.02. The molecule has 60 valence electrons. The third-order valence-corrected chi connectivity index (χ3v) is 1.08. The Morgan fingerprint density at radius 2 is 2.45 bits per heavy atom. The average molecular weight is 159 g/mol. The standard InChI is InChI=1S/C4H5N3O4/c5-1(4(9)10)2-3(8)7-11-6-2/h1H,5H2,(H,7,8)(H,9,10). The zero-order valence-electron chi connectivity index (χ0n) is 5.27. The highest BCUT2D eigenvalue weighted by Crippen LogP contribution is 1.98. The summed E-state index contributed by atoms with van der Waals surface area (Å²) in [5, 5.41) is 13.2. The van der Waals surface area contributed by atoms with Gasteiger partial charge in [-0.3, -0.25) is 14.2 Å². The molecule has 1 rings (SSSR count). The van der Waals surface area contributed by atoms with E-state index in [2.05, 4.69) is 9.79 Å². The van der Waals surface area contributed by atoms with Crippen molar-refractivity contribution in [3.63, 3.8) is 0 Å². The van der Waals surface area contributed by atoms with E-state index in [9.17, 15) is 9.59 Å². The van der Waals surface area contributed by atoms with Crippen molar-refractivity contribution in [2.24, 2.45) is 5.73 Å². The molecule has 1 aromatic heterocycles. The van der Waals surface area contributed by atoms with Crippen LogP contribution in [0.2, 0.25) is 0 Å². The van der Waals surface area contributed by atoms with Gasteiger partial charge in [0.25, 0.3) is 0 Å². The topological polar surface area (TPSA) is 122 Å². The lowest BCUT2D eigenvalue weighted by atomic mass is 10.2. The van der Waals surface area contributed by atoms with Crippen LogP contribution in [0.1, 0.15) is 11.7 Å². The van der Waals surface area contributed by atoms with Crippen molar-refractivity contribution in [2.75, 3.05) is 0 Å². The fourth-order valence-corrected chi connectivity index (χ4v) is 0.522. The second kappa shape index (κ2) is 2.54. The van der Waals surface area contributed by atoms with Crippen LogP contribution in [-0.4, -0.2) is 21.4 Å². The molecule has 1 unspecified atom stereocenters. The quantitative estimate of drug-likeness (QED) is 0.480. The van der Waals surface area contributed by atoms with Crippen LogP contribution in [0.15, 0.2) is 9.42 Å². The Labute approximate surface area is 59.8 Å². The highest BCUT2D eigenvalue weighted by molar-refractivity contribution is 5.74. The smallest absolute Gasteiger partial charge is 0.327 e. The lowest BCUT2D eigenvalue weighted by molar-refractivity contribution is -0.138. The number of nitrogens with two attached hydrogens (primary N) is 1. The third kappa shape index (κ3) is 1.27. The number of H-pyrrole nitrogens is 1. The van der Waals surface area contributed by atoms with Crippen molar-refractivity contribution >= 4 is 5.97 Å². The summed E-state index contributed by atoms with van der Waals surface area (Å²) in [4.78, 5) is 20.8. The molecule has 1 aromatic rings. The lowest BCUT2D eigenvalue weighted by Crippen LogP contribution is -2.26. The number of hydrogen-bond donors (Lipinski definition) is 3. The van der Waals surface area contributed by atoms with Crippen molar-refractivity contribution in [2.45, 2.75) is 6.04 Å². The molecule has 0 aliphatic rings. The Kier molecular flexibility index (Phi) is 1.73. The maximum atomic E-state index is 10.6. The highest BCUT2D eigenvalue weighted by atomic mass is 16.6. The number of nitrogens with one attached hydrogen (secondary N) is 1. The fourth-order valence-electron chi connectivity index (χ4n) is 0.522. The molecule has 1 heterocycles. The summed E-state index contributed by atoms with van der Waals surface area (Å²) >= 11 is 0.